The van der Waals surface area contributed by atoms with E-state index in [-0.39, 0.29) is 11.9 Å². The van der Waals surface area contributed by atoms with E-state index in [1.54, 1.807) is 0 Å². The topological polar surface area (TPSA) is 59.2 Å². The van der Waals surface area contributed by atoms with Crippen LogP contribution in [0.4, 0.5) is 0 Å². The zero-order chi connectivity index (χ0) is 15.7. The number of benzene rings is 1. The SMILES string of the molecule is Cc1cc(C(=O)N2CCCC(C(C)N)C2)nc2ccccc12. The smallest absolute Gasteiger partial charge is 0.272 e. The number of carbonyl (C=O) groups is 1. The molecule has 22 heavy (non-hydrogen) atoms. The standard InChI is InChI=1S/C18H23N3O/c1-12-10-17(20-16-8-4-3-7-15(12)16)18(22)21-9-5-6-14(11-21)13(2)19/h3-4,7-8,10,13-14H,5-6,9,11,19H2,1-2H3. The Bertz CT molecular complexity index is 696. The molecular weight excluding hydrogens is 274 g/mol. The fourth-order valence-corrected chi connectivity index (χ4v) is 3.24. The number of fused-ring (bicyclic) bond motifs is 1. The number of nitrogens with zero attached hydrogens (tertiary/aromatic N) is 2. The molecule has 3 rings (SSSR count). The molecule has 2 unspecified atom stereocenters. The molecule has 0 bridgehead atoms. The summed E-state index contributed by atoms with van der Waals surface area (Å²) in [5.41, 5.74) is 8.53. The number of pyridine rings is 1. The van der Waals surface area contributed by atoms with Crippen molar-refractivity contribution in [3.05, 3.63) is 41.6 Å². The van der Waals surface area contributed by atoms with E-state index >= 15 is 0 Å². The lowest BCUT2D eigenvalue weighted by Crippen LogP contribution is -2.45. The van der Waals surface area contributed by atoms with Crippen LogP contribution in [0.25, 0.3) is 10.9 Å². The molecule has 0 saturated carbocycles. The van der Waals surface area contributed by atoms with Gasteiger partial charge in [0.25, 0.3) is 5.91 Å². The van der Waals surface area contributed by atoms with E-state index < -0.39 is 0 Å². The van der Waals surface area contributed by atoms with E-state index in [0.29, 0.717) is 11.6 Å². The van der Waals surface area contributed by atoms with Gasteiger partial charge in [-0.05, 0) is 50.3 Å². The third-order valence-electron chi connectivity index (χ3n) is 4.63. The largest absolute Gasteiger partial charge is 0.337 e. The summed E-state index contributed by atoms with van der Waals surface area (Å²) in [5.74, 6) is 0.415. The fraction of sp³-hybridized carbons (Fsp3) is 0.444. The second-order valence-corrected chi connectivity index (χ2v) is 6.35. The molecule has 1 aromatic carbocycles. The van der Waals surface area contributed by atoms with Gasteiger partial charge in [-0.1, -0.05) is 18.2 Å². The maximum Gasteiger partial charge on any atom is 0.272 e. The van der Waals surface area contributed by atoms with Gasteiger partial charge in [0.15, 0.2) is 0 Å². The third kappa shape index (κ3) is 2.83. The van der Waals surface area contributed by atoms with Gasteiger partial charge in [-0.2, -0.15) is 0 Å². The minimum absolute atomic E-state index is 0.0270. The molecule has 0 radical (unpaired) electrons. The molecule has 0 spiro atoms. The van der Waals surface area contributed by atoms with Crippen molar-refractivity contribution in [2.45, 2.75) is 32.7 Å². The van der Waals surface area contributed by atoms with Crippen molar-refractivity contribution < 1.29 is 4.79 Å². The van der Waals surface area contributed by atoms with Crippen molar-refractivity contribution in [3.63, 3.8) is 0 Å². The summed E-state index contributed by atoms with van der Waals surface area (Å²) in [5, 5.41) is 1.10. The summed E-state index contributed by atoms with van der Waals surface area (Å²) in [6.45, 7) is 5.60. The summed E-state index contributed by atoms with van der Waals surface area (Å²) < 4.78 is 0. The van der Waals surface area contributed by atoms with Gasteiger partial charge < -0.3 is 10.6 Å². The molecular formula is C18H23N3O. The molecule has 1 aliphatic rings. The van der Waals surface area contributed by atoms with E-state index in [2.05, 4.69) is 4.98 Å². The molecule has 1 fully saturated rings. The van der Waals surface area contributed by atoms with E-state index in [4.69, 9.17) is 5.73 Å². The number of nitrogens with two attached hydrogens (primary N) is 1. The number of hydrogen-bond donors (Lipinski definition) is 1. The molecule has 4 heteroatoms. The maximum atomic E-state index is 12.8. The van der Waals surface area contributed by atoms with Gasteiger partial charge in [-0.25, -0.2) is 4.98 Å². The minimum Gasteiger partial charge on any atom is -0.337 e. The number of carbonyl (C=O) groups excluding carboxylic acids is 1. The number of para-hydroxylation sites is 1. The van der Waals surface area contributed by atoms with E-state index in [0.717, 1.165) is 42.4 Å². The predicted octanol–water partition coefficient (Wildman–Crippen LogP) is 2.74. The molecule has 0 aliphatic carbocycles. The Labute approximate surface area is 131 Å². The van der Waals surface area contributed by atoms with Crippen LogP contribution in [0.2, 0.25) is 0 Å². The number of hydrogen-bond acceptors (Lipinski definition) is 3. The zero-order valence-electron chi connectivity index (χ0n) is 13.2. The highest BCUT2D eigenvalue weighted by atomic mass is 16.2. The van der Waals surface area contributed by atoms with Crippen LogP contribution in [-0.2, 0) is 0 Å². The van der Waals surface area contributed by atoms with Gasteiger partial charge in [-0.3, -0.25) is 4.79 Å². The van der Waals surface area contributed by atoms with E-state index in [9.17, 15) is 4.79 Å². The summed E-state index contributed by atoms with van der Waals surface area (Å²) in [7, 11) is 0. The van der Waals surface area contributed by atoms with Crippen LogP contribution >= 0.6 is 0 Å². The molecule has 1 amide bonds. The predicted molar refractivity (Wildman–Crippen MR) is 88.8 cm³/mol. The first-order valence-electron chi connectivity index (χ1n) is 7.97. The summed E-state index contributed by atoms with van der Waals surface area (Å²) >= 11 is 0. The fourth-order valence-electron chi connectivity index (χ4n) is 3.24. The first-order chi connectivity index (χ1) is 10.6. The number of aryl methyl sites for hydroxylation is 1. The molecule has 1 saturated heterocycles. The van der Waals surface area contributed by atoms with Crippen molar-refractivity contribution in [3.8, 4) is 0 Å². The second kappa shape index (κ2) is 6.05. The van der Waals surface area contributed by atoms with Crippen LogP contribution in [0.5, 0.6) is 0 Å². The van der Waals surface area contributed by atoms with Crippen LogP contribution in [0, 0.1) is 12.8 Å². The minimum atomic E-state index is 0.0270. The molecule has 4 nitrogen and oxygen atoms in total. The summed E-state index contributed by atoms with van der Waals surface area (Å²) in [6, 6.07) is 9.98. The number of rotatable bonds is 2. The maximum absolute atomic E-state index is 12.8. The molecule has 2 N–H and O–H groups in total. The average Bonchev–Trinajstić information content (AvgIpc) is 2.54. The van der Waals surface area contributed by atoms with Gasteiger partial charge in [-0.15, -0.1) is 0 Å². The Morgan fingerprint density at radius 3 is 2.95 bits per heavy atom. The van der Waals surface area contributed by atoms with Gasteiger partial charge in [0.1, 0.15) is 5.69 Å². The van der Waals surface area contributed by atoms with Crippen molar-refractivity contribution in [1.82, 2.24) is 9.88 Å². The highest BCUT2D eigenvalue weighted by molar-refractivity contribution is 5.96. The monoisotopic (exact) mass is 297 g/mol. The molecule has 2 atom stereocenters. The molecule has 2 heterocycles. The highest BCUT2D eigenvalue weighted by Crippen LogP contribution is 2.22. The Hall–Kier alpha value is -1.94. The van der Waals surface area contributed by atoms with Crippen LogP contribution in [0.15, 0.2) is 30.3 Å². The normalized spacial score (nSPS) is 20.1. The zero-order valence-corrected chi connectivity index (χ0v) is 13.2. The van der Waals surface area contributed by atoms with Crippen molar-refractivity contribution >= 4 is 16.8 Å². The number of amides is 1. The van der Waals surface area contributed by atoms with Crippen molar-refractivity contribution in [1.29, 1.82) is 0 Å². The molecule has 116 valence electrons. The number of likely N-dealkylation sites (tertiary alicyclic amines) is 1. The summed E-state index contributed by atoms with van der Waals surface area (Å²) in [6.07, 6.45) is 2.12. The van der Waals surface area contributed by atoms with Crippen LogP contribution < -0.4 is 5.73 Å². The Morgan fingerprint density at radius 2 is 2.18 bits per heavy atom. The van der Waals surface area contributed by atoms with Crippen molar-refractivity contribution in [2.75, 3.05) is 13.1 Å². The lowest BCUT2D eigenvalue weighted by molar-refractivity contribution is 0.0655. The lowest BCUT2D eigenvalue weighted by atomic mass is 9.92. The van der Waals surface area contributed by atoms with E-state index in [1.165, 1.54) is 0 Å². The van der Waals surface area contributed by atoms with Gasteiger partial charge >= 0.3 is 0 Å². The number of aromatic nitrogens is 1. The highest BCUT2D eigenvalue weighted by Gasteiger charge is 2.27. The third-order valence-corrected chi connectivity index (χ3v) is 4.63. The van der Waals surface area contributed by atoms with E-state index in [1.807, 2.05) is 49.1 Å². The molecule has 1 aliphatic heterocycles. The van der Waals surface area contributed by atoms with Gasteiger partial charge in [0.2, 0.25) is 0 Å². The van der Waals surface area contributed by atoms with Gasteiger partial charge in [0, 0.05) is 24.5 Å². The summed E-state index contributed by atoms with van der Waals surface area (Å²) in [4.78, 5) is 19.3. The molecule has 2 aromatic rings. The first-order valence-corrected chi connectivity index (χ1v) is 7.97. The Kier molecular flexibility index (Phi) is 4.12. The van der Waals surface area contributed by atoms with Crippen molar-refractivity contribution in [2.24, 2.45) is 11.7 Å². The van der Waals surface area contributed by atoms with Crippen LogP contribution in [0.3, 0.4) is 0 Å². The van der Waals surface area contributed by atoms with Crippen LogP contribution in [0.1, 0.15) is 35.8 Å². The van der Waals surface area contributed by atoms with Crippen LogP contribution in [-0.4, -0.2) is 34.9 Å². The second-order valence-electron chi connectivity index (χ2n) is 6.35. The quantitative estimate of drug-likeness (QED) is 0.927. The molecule has 1 aromatic heterocycles. The first kappa shape index (κ1) is 15.0. The lowest BCUT2D eigenvalue weighted by Gasteiger charge is -2.34. The Morgan fingerprint density at radius 1 is 1.41 bits per heavy atom. The number of piperidine rings is 1. The van der Waals surface area contributed by atoms with Gasteiger partial charge in [0.05, 0.1) is 5.52 Å². The Balaban J connectivity index is 1.88. The average molecular weight is 297 g/mol.